The Morgan fingerprint density at radius 3 is 2.82 bits per heavy atom. The van der Waals surface area contributed by atoms with Crippen molar-refractivity contribution < 1.29 is 0 Å². The highest BCUT2D eigenvalue weighted by Gasteiger charge is 2.17. The number of allylic oxidation sites excluding steroid dienone is 1. The molecule has 0 unspecified atom stereocenters. The van der Waals surface area contributed by atoms with Crippen LogP contribution in [0.15, 0.2) is 58.7 Å². The van der Waals surface area contributed by atoms with E-state index in [4.69, 9.17) is 0 Å². The maximum atomic E-state index is 4.66. The first kappa shape index (κ1) is 8.88. The molecule has 2 aromatic carbocycles. The second-order valence-electron chi connectivity index (χ2n) is 4.30. The minimum atomic E-state index is 0.950. The lowest BCUT2D eigenvalue weighted by molar-refractivity contribution is 1.12. The van der Waals surface area contributed by atoms with Crippen LogP contribution in [0.4, 0.5) is 5.69 Å². The van der Waals surface area contributed by atoms with Gasteiger partial charge in [-0.3, -0.25) is 4.99 Å². The number of hydrogen-bond donors (Lipinski definition) is 0. The highest BCUT2D eigenvalue weighted by molar-refractivity contribution is 5.81. The van der Waals surface area contributed by atoms with Crippen LogP contribution in [0.25, 0.3) is 11.1 Å². The molecule has 2 nitrogen and oxygen atoms in total. The van der Waals surface area contributed by atoms with Crippen molar-refractivity contribution in [1.29, 1.82) is 0 Å². The number of fused-ring (bicyclic) bond motifs is 5. The summed E-state index contributed by atoms with van der Waals surface area (Å²) < 4.78 is 0. The molecule has 0 aliphatic carbocycles. The van der Waals surface area contributed by atoms with Crippen LogP contribution in [0.3, 0.4) is 0 Å². The molecule has 0 amide bonds. The van der Waals surface area contributed by atoms with E-state index in [0.717, 1.165) is 22.8 Å². The van der Waals surface area contributed by atoms with Crippen LogP contribution in [0.5, 0.6) is 0 Å². The molecule has 4 rings (SSSR count). The molecule has 0 atom stereocenters. The molecule has 0 aromatic heterocycles. The Bertz CT molecular complexity index is 770. The lowest BCUT2D eigenvalue weighted by atomic mass is 9.96. The molecule has 0 radical (unpaired) electrons. The van der Waals surface area contributed by atoms with Crippen molar-refractivity contribution in [2.45, 2.75) is 6.42 Å². The summed E-state index contributed by atoms with van der Waals surface area (Å²) in [6.45, 7) is 0. The molecule has 80 valence electrons. The van der Waals surface area contributed by atoms with Crippen molar-refractivity contribution in [3.8, 4) is 11.1 Å². The summed E-state index contributed by atoms with van der Waals surface area (Å²) in [6, 6.07) is 12.4. The third-order valence-corrected chi connectivity index (χ3v) is 3.32. The normalized spacial score (nSPS) is 14.4. The van der Waals surface area contributed by atoms with Gasteiger partial charge in [0.25, 0.3) is 0 Å². The maximum absolute atomic E-state index is 4.66. The summed E-state index contributed by atoms with van der Waals surface area (Å²) in [5.41, 5.74) is 4.89. The molecule has 2 aliphatic rings. The highest BCUT2D eigenvalue weighted by Crippen LogP contribution is 2.33. The molecular weight excluding hydrogens is 208 g/mol. The van der Waals surface area contributed by atoms with Crippen LogP contribution < -0.4 is 10.7 Å². The number of rotatable bonds is 0. The van der Waals surface area contributed by atoms with Gasteiger partial charge in [0.2, 0.25) is 0 Å². The maximum Gasteiger partial charge on any atom is 0.0720 e. The molecule has 17 heavy (non-hydrogen) atoms. The third kappa shape index (κ3) is 1.15. The molecule has 2 aliphatic heterocycles. The first-order valence-electron chi connectivity index (χ1n) is 5.76. The first-order valence-corrected chi connectivity index (χ1v) is 5.76. The summed E-state index contributed by atoms with van der Waals surface area (Å²) in [7, 11) is 0. The van der Waals surface area contributed by atoms with Gasteiger partial charge in [0.1, 0.15) is 0 Å². The van der Waals surface area contributed by atoms with E-state index < -0.39 is 0 Å². The first-order chi connectivity index (χ1) is 8.43. The van der Waals surface area contributed by atoms with E-state index in [1.807, 2.05) is 12.3 Å². The van der Waals surface area contributed by atoms with Crippen LogP contribution in [0.2, 0.25) is 0 Å². The van der Waals surface area contributed by atoms with E-state index in [-0.39, 0.29) is 0 Å². The topological polar surface area (TPSA) is 24.7 Å². The molecular formula is C15H10N2. The van der Waals surface area contributed by atoms with Gasteiger partial charge in [-0.15, -0.1) is 0 Å². The molecule has 0 fully saturated rings. The Hall–Kier alpha value is -2.22. The fraction of sp³-hybridized carbons (Fsp3) is 0.0667. The van der Waals surface area contributed by atoms with E-state index >= 15 is 0 Å². The quantitative estimate of drug-likeness (QED) is 0.553. The number of benzene rings is 2. The largest absolute Gasteiger partial charge is 0.257 e. The van der Waals surface area contributed by atoms with Crippen molar-refractivity contribution in [3.63, 3.8) is 0 Å². The molecule has 2 heterocycles. The molecule has 0 bridgehead atoms. The molecule has 0 N–H and O–H groups in total. The summed E-state index contributed by atoms with van der Waals surface area (Å²) in [4.78, 5) is 9.08. The van der Waals surface area contributed by atoms with Crippen LogP contribution in [0, 0.1) is 0 Å². The summed E-state index contributed by atoms with van der Waals surface area (Å²) in [5.74, 6) is 0. The van der Waals surface area contributed by atoms with E-state index in [2.05, 4.69) is 46.4 Å². The number of para-hydroxylation sites is 1. The van der Waals surface area contributed by atoms with Gasteiger partial charge in [0, 0.05) is 17.3 Å². The van der Waals surface area contributed by atoms with E-state index in [0.29, 0.717) is 0 Å². The molecule has 2 aromatic rings. The molecule has 2 heteroatoms. The zero-order valence-electron chi connectivity index (χ0n) is 9.22. The smallest absolute Gasteiger partial charge is 0.0720 e. The predicted molar refractivity (Wildman–Crippen MR) is 66.7 cm³/mol. The molecule has 0 saturated heterocycles. The monoisotopic (exact) mass is 218 g/mol. The predicted octanol–water partition coefficient (Wildman–Crippen LogP) is 2.31. The zero-order chi connectivity index (χ0) is 11.2. The lowest BCUT2D eigenvalue weighted by Gasteiger charge is -2.08. The summed E-state index contributed by atoms with van der Waals surface area (Å²) in [5, 5.41) is 2.16. The van der Waals surface area contributed by atoms with Crippen LogP contribution in [0.1, 0.15) is 5.56 Å². The zero-order valence-corrected chi connectivity index (χ0v) is 9.22. The Kier molecular flexibility index (Phi) is 1.64. The third-order valence-electron chi connectivity index (χ3n) is 3.32. The van der Waals surface area contributed by atoms with Crippen molar-refractivity contribution in [3.05, 3.63) is 65.0 Å². The van der Waals surface area contributed by atoms with Crippen molar-refractivity contribution in [1.82, 2.24) is 0 Å². The van der Waals surface area contributed by atoms with Gasteiger partial charge in [-0.05, 0) is 30.2 Å². The van der Waals surface area contributed by atoms with Crippen LogP contribution in [-0.2, 0) is 6.42 Å². The van der Waals surface area contributed by atoms with Gasteiger partial charge in [0.05, 0.1) is 16.4 Å². The highest BCUT2D eigenvalue weighted by atomic mass is 14.8. The van der Waals surface area contributed by atoms with E-state index in [1.165, 1.54) is 16.7 Å². The van der Waals surface area contributed by atoms with Crippen molar-refractivity contribution in [2.24, 2.45) is 9.98 Å². The summed E-state index contributed by atoms with van der Waals surface area (Å²) in [6.07, 6.45) is 4.93. The lowest BCUT2D eigenvalue weighted by Crippen LogP contribution is -2.18. The fourth-order valence-electron chi connectivity index (χ4n) is 2.56. The minimum Gasteiger partial charge on any atom is -0.257 e. The van der Waals surface area contributed by atoms with Gasteiger partial charge < -0.3 is 0 Å². The number of hydrogen-bond acceptors (Lipinski definition) is 2. The van der Waals surface area contributed by atoms with E-state index in [1.54, 1.807) is 0 Å². The average Bonchev–Trinajstić information content (AvgIpc) is 2.77. The fourth-order valence-corrected chi connectivity index (χ4v) is 2.56. The van der Waals surface area contributed by atoms with Crippen molar-refractivity contribution in [2.75, 3.05) is 0 Å². The van der Waals surface area contributed by atoms with Gasteiger partial charge in [0.15, 0.2) is 0 Å². The Balaban J connectivity index is 2.16. The Labute approximate surface area is 98.7 Å². The average molecular weight is 218 g/mol. The molecule has 0 spiro atoms. The van der Waals surface area contributed by atoms with Gasteiger partial charge in [-0.2, -0.15) is 0 Å². The van der Waals surface area contributed by atoms with Gasteiger partial charge in [-0.1, -0.05) is 24.3 Å². The van der Waals surface area contributed by atoms with Gasteiger partial charge >= 0.3 is 0 Å². The number of nitrogens with zero attached hydrogens (tertiary/aromatic N) is 2. The standard InChI is InChI=1S/C15H10N2/c1-2-6-13-11(4-1)15-10-5-3-9-16-12(10)7-8-14(15)17-13/h1-4,6-9H,5H2. The van der Waals surface area contributed by atoms with Gasteiger partial charge in [-0.25, -0.2) is 4.99 Å². The van der Waals surface area contributed by atoms with Crippen molar-refractivity contribution >= 4 is 5.69 Å². The minimum absolute atomic E-state index is 0.950. The van der Waals surface area contributed by atoms with E-state index in [9.17, 15) is 0 Å². The van der Waals surface area contributed by atoms with Crippen LogP contribution >= 0.6 is 0 Å². The van der Waals surface area contributed by atoms with Crippen LogP contribution in [-0.4, -0.2) is 0 Å². The summed E-state index contributed by atoms with van der Waals surface area (Å²) >= 11 is 0. The molecule has 0 saturated carbocycles. The Morgan fingerprint density at radius 1 is 0.941 bits per heavy atom. The second-order valence-corrected chi connectivity index (χ2v) is 4.30. The Morgan fingerprint density at radius 2 is 1.82 bits per heavy atom. The SMILES string of the molecule is C1=CN=c2ccc3c(c2C1)-c1ccccc1N=3. The second kappa shape index (κ2) is 3.14.